The van der Waals surface area contributed by atoms with Crippen LogP contribution in [0.2, 0.25) is 5.02 Å². The summed E-state index contributed by atoms with van der Waals surface area (Å²) in [5.41, 5.74) is 0.844. The van der Waals surface area contributed by atoms with Gasteiger partial charge in [-0.05, 0) is 66.6 Å². The number of amides is 3. The Hall–Kier alpha value is -4.86. The van der Waals surface area contributed by atoms with E-state index in [9.17, 15) is 27.6 Å². The number of alkyl halides is 3. The molecular weight excluding hydrogens is 705 g/mol. The van der Waals surface area contributed by atoms with E-state index in [0.29, 0.717) is 34.0 Å². The summed E-state index contributed by atoms with van der Waals surface area (Å²) >= 11 is 6.52. The van der Waals surface area contributed by atoms with Gasteiger partial charge in [-0.3, -0.25) is 14.4 Å². The number of rotatable bonds is 3. The highest BCUT2D eigenvalue weighted by Crippen LogP contribution is 2.27. The predicted octanol–water partition coefficient (Wildman–Crippen LogP) is 5.64. The Balaban J connectivity index is 1.36. The summed E-state index contributed by atoms with van der Waals surface area (Å²) in [5.74, 6) is -1.41. The molecule has 52 heavy (non-hydrogen) atoms. The number of halogens is 4. The molecule has 1 aromatic heterocycles. The van der Waals surface area contributed by atoms with Crippen LogP contribution in [0.15, 0.2) is 42.5 Å². The number of anilines is 3. The second kappa shape index (κ2) is 17.1. The van der Waals surface area contributed by atoms with E-state index in [-0.39, 0.29) is 56.6 Å². The molecule has 5 aliphatic rings. The average Bonchev–Trinajstić information content (AvgIpc) is 3.10. The third-order valence-electron chi connectivity index (χ3n) is 8.43. The van der Waals surface area contributed by atoms with Crippen LogP contribution in [0, 0.1) is 5.41 Å². The molecule has 0 saturated heterocycles. The standard InChI is InChI=1S/C35H42ClF3N8O5/c1-34(2)19-41-28(48)23-10-12-25(13-11-23)43-32-44-31(45-33(46-32)52-21-35(37,38)39)40-18-22-9-14-27(26(36)17-22)51-16-6-15-47(20-34)30(50)29(49)42-24-7-4-3-5-8-24/h9-14,17,24H,3-8,15-16,18-21H2,1-2H3,(H,41,48)(H,42,49)(H2,40,43,44,45,46). The first-order valence-electron chi connectivity index (χ1n) is 17.1. The van der Waals surface area contributed by atoms with Gasteiger partial charge in [0.25, 0.3) is 5.91 Å². The largest absolute Gasteiger partial charge is 0.492 e. The minimum atomic E-state index is -4.61. The fraction of sp³-hybridized carbons (Fsp3) is 0.486. The molecule has 8 rings (SSSR count). The maximum Gasteiger partial charge on any atom is 0.422 e. The molecule has 0 unspecified atom stereocenters. The third kappa shape index (κ3) is 11.6. The van der Waals surface area contributed by atoms with E-state index in [2.05, 4.69) is 36.2 Å². The zero-order chi connectivity index (χ0) is 37.3. The summed E-state index contributed by atoms with van der Waals surface area (Å²) < 4.78 is 49.4. The number of nitrogens with one attached hydrogen (secondary N) is 4. The molecule has 5 heterocycles. The van der Waals surface area contributed by atoms with Crippen molar-refractivity contribution in [1.82, 2.24) is 30.5 Å². The van der Waals surface area contributed by atoms with Crippen molar-refractivity contribution in [2.24, 2.45) is 5.41 Å². The summed E-state index contributed by atoms with van der Waals surface area (Å²) in [6, 6.07) is 10.8. The molecule has 1 saturated carbocycles. The van der Waals surface area contributed by atoms with Gasteiger partial charge >= 0.3 is 24.0 Å². The molecular formula is C35H42ClF3N8O5. The van der Waals surface area contributed by atoms with Gasteiger partial charge in [-0.1, -0.05) is 50.8 Å². The monoisotopic (exact) mass is 746 g/mol. The lowest BCUT2D eigenvalue weighted by molar-refractivity contribution is -0.154. The van der Waals surface area contributed by atoms with Crippen LogP contribution in [0.1, 0.15) is 68.3 Å². The molecule has 280 valence electrons. The minimum absolute atomic E-state index is 0.0262. The quantitative estimate of drug-likeness (QED) is 0.247. The molecule has 2 aromatic carbocycles. The number of ether oxygens (including phenoxy) is 2. The lowest BCUT2D eigenvalue weighted by Gasteiger charge is -2.33. The topological polar surface area (TPSA) is 160 Å². The fourth-order valence-corrected chi connectivity index (χ4v) is 6.07. The van der Waals surface area contributed by atoms with Crippen molar-refractivity contribution in [3.63, 3.8) is 0 Å². The Morgan fingerprint density at radius 2 is 1.75 bits per heavy atom. The number of benzene rings is 2. The first-order valence-corrected chi connectivity index (χ1v) is 17.5. The molecule has 17 heteroatoms. The van der Waals surface area contributed by atoms with E-state index < -0.39 is 36.0 Å². The first kappa shape index (κ1) is 38.4. The van der Waals surface area contributed by atoms with E-state index in [0.717, 1.165) is 32.1 Å². The maximum atomic E-state index is 13.5. The van der Waals surface area contributed by atoms with Crippen LogP contribution < -0.4 is 30.7 Å². The van der Waals surface area contributed by atoms with Crippen LogP contribution in [-0.4, -0.2) is 82.6 Å². The number of carbonyl (C=O) groups excluding carboxylic acids is 3. The van der Waals surface area contributed by atoms with Gasteiger partial charge in [-0.15, -0.1) is 0 Å². The van der Waals surface area contributed by atoms with Gasteiger partial charge in [-0.25, -0.2) is 0 Å². The zero-order valence-electron chi connectivity index (χ0n) is 28.9. The van der Waals surface area contributed by atoms with Crippen LogP contribution in [-0.2, 0) is 16.1 Å². The normalized spacial score (nSPS) is 17.5. The molecule has 3 amide bonds. The summed E-state index contributed by atoms with van der Waals surface area (Å²) in [4.78, 5) is 53.4. The lowest BCUT2D eigenvalue weighted by atomic mass is 9.92. The van der Waals surface area contributed by atoms with E-state index in [4.69, 9.17) is 21.1 Å². The van der Waals surface area contributed by atoms with Crippen molar-refractivity contribution in [2.75, 3.05) is 43.5 Å². The number of carbonyl (C=O) groups is 3. The lowest BCUT2D eigenvalue weighted by Crippen LogP contribution is -2.51. The Kier molecular flexibility index (Phi) is 12.6. The number of aromatic nitrogens is 3. The van der Waals surface area contributed by atoms with Crippen LogP contribution in [0.5, 0.6) is 11.8 Å². The molecule has 0 atom stereocenters. The van der Waals surface area contributed by atoms with Crippen LogP contribution in [0.3, 0.4) is 0 Å². The number of hydrogen-bond donors (Lipinski definition) is 4. The second-order valence-electron chi connectivity index (χ2n) is 13.6. The van der Waals surface area contributed by atoms with Crippen molar-refractivity contribution in [1.29, 1.82) is 0 Å². The van der Waals surface area contributed by atoms with E-state index in [1.54, 1.807) is 42.5 Å². The van der Waals surface area contributed by atoms with Gasteiger partial charge in [-0.2, -0.15) is 28.1 Å². The molecule has 0 radical (unpaired) electrons. The molecule has 3 aromatic rings. The van der Waals surface area contributed by atoms with Gasteiger partial charge in [0.05, 0.1) is 11.6 Å². The van der Waals surface area contributed by atoms with E-state index >= 15 is 0 Å². The summed E-state index contributed by atoms with van der Waals surface area (Å²) in [5, 5.41) is 12.0. The van der Waals surface area contributed by atoms with Crippen molar-refractivity contribution < 1.29 is 37.0 Å². The Morgan fingerprint density at radius 1 is 1.02 bits per heavy atom. The minimum Gasteiger partial charge on any atom is -0.492 e. The molecule has 6 bridgehead atoms. The smallest absolute Gasteiger partial charge is 0.422 e. The summed E-state index contributed by atoms with van der Waals surface area (Å²) in [7, 11) is 0. The SMILES string of the molecule is CC1(C)CNC(=O)c2ccc(cc2)Nc2nc(nc(OCC(F)(F)F)n2)NCc2ccc(c(Cl)c2)OCCCN(C(=O)C(=O)NC2CCCCC2)C1. The second-order valence-corrected chi connectivity index (χ2v) is 14.0. The predicted molar refractivity (Wildman–Crippen MR) is 188 cm³/mol. The fourth-order valence-electron chi connectivity index (χ4n) is 5.81. The first-order chi connectivity index (χ1) is 24.7. The average molecular weight is 747 g/mol. The summed E-state index contributed by atoms with van der Waals surface area (Å²) in [6.45, 7) is 3.14. The highest BCUT2D eigenvalue weighted by atomic mass is 35.5. The van der Waals surface area contributed by atoms with Crippen molar-refractivity contribution in [2.45, 2.75) is 71.1 Å². The van der Waals surface area contributed by atoms with E-state index in [1.165, 1.54) is 4.90 Å². The molecule has 1 aliphatic carbocycles. The van der Waals surface area contributed by atoms with Gasteiger partial charge in [0.1, 0.15) is 5.75 Å². The van der Waals surface area contributed by atoms with Crippen LogP contribution in [0.25, 0.3) is 0 Å². The maximum absolute atomic E-state index is 13.5. The Bertz CT molecular complexity index is 1720. The number of hydrogen-bond acceptors (Lipinski definition) is 10. The van der Waals surface area contributed by atoms with Crippen molar-refractivity contribution >= 4 is 46.9 Å². The molecule has 0 spiro atoms. The molecule has 13 nitrogen and oxygen atoms in total. The van der Waals surface area contributed by atoms with Crippen LogP contribution in [0.4, 0.5) is 30.8 Å². The Labute approximate surface area is 304 Å². The number of nitrogens with zero attached hydrogens (tertiary/aromatic N) is 4. The molecule has 4 N–H and O–H groups in total. The van der Waals surface area contributed by atoms with Crippen molar-refractivity contribution in [3.05, 3.63) is 58.6 Å². The highest BCUT2D eigenvalue weighted by Gasteiger charge is 2.31. The Morgan fingerprint density at radius 3 is 2.46 bits per heavy atom. The zero-order valence-corrected chi connectivity index (χ0v) is 29.7. The molecule has 4 aliphatic heterocycles. The van der Waals surface area contributed by atoms with Gasteiger partial charge in [0, 0.05) is 43.5 Å². The van der Waals surface area contributed by atoms with Gasteiger partial charge < -0.3 is 35.6 Å². The van der Waals surface area contributed by atoms with Crippen LogP contribution >= 0.6 is 11.6 Å². The van der Waals surface area contributed by atoms with E-state index in [1.807, 2.05) is 13.8 Å². The highest BCUT2D eigenvalue weighted by molar-refractivity contribution is 6.35. The molecule has 1 fully saturated rings. The third-order valence-corrected chi connectivity index (χ3v) is 8.72. The summed E-state index contributed by atoms with van der Waals surface area (Å²) in [6.07, 6.45) is 0.605. The van der Waals surface area contributed by atoms with Gasteiger partial charge in [0.15, 0.2) is 6.61 Å². The van der Waals surface area contributed by atoms with Crippen molar-refractivity contribution in [3.8, 4) is 11.8 Å². The van der Waals surface area contributed by atoms with Gasteiger partial charge in [0.2, 0.25) is 11.9 Å².